The molecule has 0 saturated carbocycles. The van der Waals surface area contributed by atoms with Crippen molar-refractivity contribution in [2.45, 2.75) is 121 Å². The highest BCUT2D eigenvalue weighted by atomic mass is 16.6. The highest BCUT2D eigenvalue weighted by Crippen LogP contribution is 2.40. The number of benzene rings is 3. The maximum absolute atomic E-state index is 6.81. The lowest BCUT2D eigenvalue weighted by molar-refractivity contribution is -0.0460. The Kier molecular flexibility index (Phi) is 23.0. The van der Waals surface area contributed by atoms with Crippen LogP contribution in [0.4, 0.5) is 0 Å². The van der Waals surface area contributed by atoms with Crippen molar-refractivity contribution >= 4 is 0 Å². The van der Waals surface area contributed by atoms with Crippen LogP contribution < -0.4 is 4.74 Å². The zero-order chi connectivity index (χ0) is 38.3. The molecule has 300 valence electrons. The van der Waals surface area contributed by atoms with Crippen LogP contribution in [0.1, 0.15) is 126 Å². The van der Waals surface area contributed by atoms with Gasteiger partial charge in [-0.15, -0.1) is 0 Å². The van der Waals surface area contributed by atoms with Gasteiger partial charge >= 0.3 is 6.01 Å². The van der Waals surface area contributed by atoms with Gasteiger partial charge in [-0.05, 0) is 29.2 Å². The maximum Gasteiger partial charge on any atom is 0.316 e. The fraction of sp³-hybridized carbons (Fsp3) is 0.542. The Hall–Kier alpha value is -3.62. The van der Waals surface area contributed by atoms with Crippen LogP contribution in [0.5, 0.6) is 6.01 Å². The molecule has 0 fully saturated rings. The van der Waals surface area contributed by atoms with Gasteiger partial charge in [0.25, 0.3) is 0 Å². The molecule has 0 aliphatic rings. The highest BCUT2D eigenvalue weighted by molar-refractivity contribution is 5.47. The van der Waals surface area contributed by atoms with Crippen molar-refractivity contribution in [3.63, 3.8) is 0 Å². The molecule has 0 aliphatic heterocycles. The Balaban J connectivity index is 1.09. The standard InChI is InChI=1S/C48H68N2O5/c1-2-3-4-5-6-7-8-9-10-11-12-13-14-15-16-26-36-52-41-46(55-47-49-34-27-35-50-47)42-53-38-37-51-39-40-54-48(43-28-20-17-21-29-43,44-30-22-18-23-31-44)45-32-24-19-25-33-45/h17-25,27-35,46H,2-16,26,36-42H2,1H3. The van der Waals surface area contributed by atoms with E-state index in [1.165, 1.54) is 96.3 Å². The Labute approximate surface area is 332 Å². The fourth-order valence-corrected chi connectivity index (χ4v) is 7.04. The Morgan fingerprint density at radius 1 is 0.436 bits per heavy atom. The van der Waals surface area contributed by atoms with Crippen LogP contribution in [-0.4, -0.2) is 62.3 Å². The molecule has 0 saturated heterocycles. The summed E-state index contributed by atoms with van der Waals surface area (Å²) in [7, 11) is 0. The summed E-state index contributed by atoms with van der Waals surface area (Å²) in [5, 5.41) is 0. The number of unbranched alkanes of at least 4 members (excludes halogenated alkanes) is 15. The number of ether oxygens (including phenoxy) is 5. The van der Waals surface area contributed by atoms with Crippen molar-refractivity contribution in [1.82, 2.24) is 9.97 Å². The van der Waals surface area contributed by atoms with E-state index in [1.54, 1.807) is 18.5 Å². The van der Waals surface area contributed by atoms with Gasteiger partial charge in [0.2, 0.25) is 0 Å². The quantitative estimate of drug-likeness (QED) is 0.0354. The summed E-state index contributed by atoms with van der Waals surface area (Å²) in [6, 6.07) is 33.3. The minimum atomic E-state index is -0.764. The van der Waals surface area contributed by atoms with Gasteiger partial charge in [-0.2, -0.15) is 0 Å². The molecule has 0 spiro atoms. The highest BCUT2D eigenvalue weighted by Gasteiger charge is 2.37. The first-order valence-corrected chi connectivity index (χ1v) is 21.3. The second-order valence-electron chi connectivity index (χ2n) is 14.5. The fourth-order valence-electron chi connectivity index (χ4n) is 7.04. The van der Waals surface area contributed by atoms with Crippen LogP contribution in [-0.2, 0) is 24.5 Å². The summed E-state index contributed by atoms with van der Waals surface area (Å²) in [5.41, 5.74) is 2.45. The average Bonchev–Trinajstić information content (AvgIpc) is 3.24. The summed E-state index contributed by atoms with van der Waals surface area (Å²) in [6.45, 7) is 5.48. The molecule has 1 aromatic heterocycles. The van der Waals surface area contributed by atoms with Crippen LogP contribution in [0, 0.1) is 0 Å². The van der Waals surface area contributed by atoms with Crippen molar-refractivity contribution < 1.29 is 23.7 Å². The van der Waals surface area contributed by atoms with Crippen molar-refractivity contribution in [2.24, 2.45) is 0 Å². The van der Waals surface area contributed by atoms with E-state index < -0.39 is 5.60 Å². The number of rotatable bonds is 33. The van der Waals surface area contributed by atoms with Crippen LogP contribution in [0.15, 0.2) is 109 Å². The number of hydrogen-bond acceptors (Lipinski definition) is 7. The van der Waals surface area contributed by atoms with Gasteiger partial charge in [0, 0.05) is 19.0 Å². The first-order valence-electron chi connectivity index (χ1n) is 21.3. The lowest BCUT2D eigenvalue weighted by Crippen LogP contribution is -2.34. The minimum Gasteiger partial charge on any atom is -0.455 e. The van der Waals surface area contributed by atoms with E-state index in [0.29, 0.717) is 52.3 Å². The lowest BCUT2D eigenvalue weighted by atomic mass is 9.80. The number of nitrogens with zero attached hydrogens (tertiary/aromatic N) is 2. The SMILES string of the molecule is CCCCCCCCCCCCCCCCCCOCC(COCCOCCOC(c1ccccc1)(c1ccccc1)c1ccccc1)Oc1ncccn1. The van der Waals surface area contributed by atoms with Crippen molar-refractivity contribution in [3.05, 3.63) is 126 Å². The van der Waals surface area contributed by atoms with Crippen LogP contribution in [0.25, 0.3) is 0 Å². The minimum absolute atomic E-state index is 0.310. The third kappa shape index (κ3) is 17.4. The molecule has 1 heterocycles. The number of aromatic nitrogens is 2. The summed E-state index contributed by atoms with van der Waals surface area (Å²) in [6.07, 6.45) is 24.7. The third-order valence-corrected chi connectivity index (χ3v) is 10.0. The Bertz CT molecular complexity index is 1350. The predicted octanol–water partition coefficient (Wildman–Crippen LogP) is 11.5. The molecule has 0 aliphatic carbocycles. The monoisotopic (exact) mass is 753 g/mol. The molecule has 0 amide bonds. The molecular weight excluding hydrogens is 685 g/mol. The van der Waals surface area contributed by atoms with E-state index in [4.69, 9.17) is 23.7 Å². The predicted molar refractivity (Wildman–Crippen MR) is 224 cm³/mol. The molecule has 0 radical (unpaired) electrons. The van der Waals surface area contributed by atoms with Gasteiger partial charge in [0.15, 0.2) is 0 Å². The van der Waals surface area contributed by atoms with E-state index in [-0.39, 0.29) is 6.10 Å². The van der Waals surface area contributed by atoms with E-state index in [1.807, 2.05) is 18.2 Å². The number of hydrogen-bond donors (Lipinski definition) is 0. The molecule has 3 aromatic carbocycles. The molecule has 55 heavy (non-hydrogen) atoms. The van der Waals surface area contributed by atoms with Gasteiger partial charge in [-0.3, -0.25) is 0 Å². The molecular formula is C48H68N2O5. The van der Waals surface area contributed by atoms with E-state index in [9.17, 15) is 0 Å². The molecule has 7 nitrogen and oxygen atoms in total. The molecule has 1 unspecified atom stereocenters. The van der Waals surface area contributed by atoms with Gasteiger partial charge in [-0.25, -0.2) is 9.97 Å². The van der Waals surface area contributed by atoms with Gasteiger partial charge in [0.1, 0.15) is 11.7 Å². The van der Waals surface area contributed by atoms with E-state index in [2.05, 4.69) is 89.7 Å². The second-order valence-corrected chi connectivity index (χ2v) is 14.5. The van der Waals surface area contributed by atoms with Crippen molar-refractivity contribution in [2.75, 3.05) is 46.2 Å². The van der Waals surface area contributed by atoms with E-state index in [0.717, 1.165) is 23.1 Å². The third-order valence-electron chi connectivity index (χ3n) is 10.0. The average molecular weight is 753 g/mol. The molecule has 1 atom stereocenters. The topological polar surface area (TPSA) is 71.9 Å². The first-order chi connectivity index (χ1) is 27.3. The zero-order valence-corrected chi connectivity index (χ0v) is 33.7. The van der Waals surface area contributed by atoms with Crippen molar-refractivity contribution in [3.8, 4) is 6.01 Å². The summed E-state index contributed by atoms with van der Waals surface area (Å²) in [5.74, 6) is 0. The molecule has 0 N–H and O–H groups in total. The molecule has 4 rings (SSSR count). The molecule has 4 aromatic rings. The normalized spacial score (nSPS) is 12.2. The lowest BCUT2D eigenvalue weighted by Gasteiger charge is -2.36. The first kappa shape index (κ1) is 44.1. The van der Waals surface area contributed by atoms with Gasteiger partial charge < -0.3 is 23.7 Å². The van der Waals surface area contributed by atoms with Crippen molar-refractivity contribution in [1.29, 1.82) is 0 Å². The molecule has 0 bridgehead atoms. The van der Waals surface area contributed by atoms with Gasteiger partial charge in [-0.1, -0.05) is 194 Å². The second kappa shape index (κ2) is 28.7. The summed E-state index contributed by atoms with van der Waals surface area (Å²) < 4.78 is 30.8. The van der Waals surface area contributed by atoms with Crippen LogP contribution in [0.2, 0.25) is 0 Å². The molecule has 7 heteroatoms. The summed E-state index contributed by atoms with van der Waals surface area (Å²) in [4.78, 5) is 8.46. The summed E-state index contributed by atoms with van der Waals surface area (Å²) >= 11 is 0. The maximum atomic E-state index is 6.81. The van der Waals surface area contributed by atoms with Crippen LogP contribution >= 0.6 is 0 Å². The Morgan fingerprint density at radius 2 is 0.836 bits per heavy atom. The zero-order valence-electron chi connectivity index (χ0n) is 33.7. The van der Waals surface area contributed by atoms with E-state index >= 15 is 0 Å². The Morgan fingerprint density at radius 3 is 1.31 bits per heavy atom. The largest absolute Gasteiger partial charge is 0.455 e. The van der Waals surface area contributed by atoms with Gasteiger partial charge in [0.05, 0.1) is 39.6 Å². The smallest absolute Gasteiger partial charge is 0.316 e. The van der Waals surface area contributed by atoms with Crippen LogP contribution in [0.3, 0.4) is 0 Å².